The van der Waals surface area contributed by atoms with Gasteiger partial charge in [-0.05, 0) is 51.5 Å². The summed E-state index contributed by atoms with van der Waals surface area (Å²) in [6, 6.07) is 0.650. The Hall–Kier alpha value is -0.0800. The highest BCUT2D eigenvalue weighted by Crippen LogP contribution is 2.43. The second kappa shape index (κ2) is 6.38. The molecule has 18 heavy (non-hydrogen) atoms. The van der Waals surface area contributed by atoms with Gasteiger partial charge in [-0.25, -0.2) is 0 Å². The maximum Gasteiger partial charge on any atom is 0.0687 e. The van der Waals surface area contributed by atoms with E-state index in [1.807, 2.05) is 0 Å². The molecule has 1 saturated carbocycles. The Morgan fingerprint density at radius 3 is 2.56 bits per heavy atom. The predicted molar refractivity (Wildman–Crippen MR) is 76.8 cm³/mol. The maximum absolute atomic E-state index is 6.47. The second-order valence-corrected chi connectivity index (χ2v) is 6.54. The SMILES string of the molecule is CCC(NC)C(C)CC1CCC2(CCCCC2)O1. The van der Waals surface area contributed by atoms with Crippen molar-refractivity contribution in [1.29, 1.82) is 0 Å². The highest BCUT2D eigenvalue weighted by Gasteiger charge is 2.41. The van der Waals surface area contributed by atoms with Crippen LogP contribution < -0.4 is 5.32 Å². The van der Waals surface area contributed by atoms with Crippen LogP contribution in [0.2, 0.25) is 0 Å². The average Bonchev–Trinajstić information content (AvgIpc) is 2.74. The molecule has 1 aliphatic carbocycles. The maximum atomic E-state index is 6.47. The van der Waals surface area contributed by atoms with Crippen LogP contribution in [0.4, 0.5) is 0 Å². The van der Waals surface area contributed by atoms with Crippen molar-refractivity contribution in [3.63, 3.8) is 0 Å². The van der Waals surface area contributed by atoms with Crippen LogP contribution in [0.25, 0.3) is 0 Å². The van der Waals surface area contributed by atoms with E-state index in [0.29, 0.717) is 17.7 Å². The summed E-state index contributed by atoms with van der Waals surface area (Å²) in [4.78, 5) is 0. The van der Waals surface area contributed by atoms with Crippen LogP contribution in [0.5, 0.6) is 0 Å². The molecule has 0 bridgehead atoms. The fraction of sp³-hybridized carbons (Fsp3) is 1.00. The Morgan fingerprint density at radius 2 is 1.94 bits per heavy atom. The molecule has 0 aromatic carbocycles. The third kappa shape index (κ3) is 3.27. The van der Waals surface area contributed by atoms with E-state index in [-0.39, 0.29) is 0 Å². The molecule has 0 amide bonds. The molecule has 3 unspecified atom stereocenters. The zero-order valence-corrected chi connectivity index (χ0v) is 12.5. The second-order valence-electron chi connectivity index (χ2n) is 6.54. The molecule has 1 spiro atoms. The number of hydrogen-bond acceptors (Lipinski definition) is 2. The molecule has 0 radical (unpaired) electrons. The van der Waals surface area contributed by atoms with Crippen LogP contribution >= 0.6 is 0 Å². The number of rotatable bonds is 5. The van der Waals surface area contributed by atoms with Gasteiger partial charge in [-0.1, -0.05) is 33.1 Å². The molecule has 106 valence electrons. The van der Waals surface area contributed by atoms with Crippen LogP contribution in [0.15, 0.2) is 0 Å². The minimum atomic E-state index is 0.296. The van der Waals surface area contributed by atoms with Gasteiger partial charge in [0.15, 0.2) is 0 Å². The van der Waals surface area contributed by atoms with Gasteiger partial charge in [-0.15, -0.1) is 0 Å². The molecule has 3 atom stereocenters. The largest absolute Gasteiger partial charge is 0.372 e. The van der Waals surface area contributed by atoms with Gasteiger partial charge in [-0.2, -0.15) is 0 Å². The van der Waals surface area contributed by atoms with Crippen LogP contribution in [0, 0.1) is 5.92 Å². The lowest BCUT2D eigenvalue weighted by Gasteiger charge is -2.34. The molecule has 2 aliphatic rings. The lowest BCUT2D eigenvalue weighted by molar-refractivity contribution is -0.0703. The van der Waals surface area contributed by atoms with Crippen molar-refractivity contribution >= 4 is 0 Å². The minimum absolute atomic E-state index is 0.296. The zero-order chi connectivity index (χ0) is 13.0. The molecule has 2 fully saturated rings. The first kappa shape index (κ1) is 14.3. The third-order valence-electron chi connectivity index (χ3n) is 5.24. The summed E-state index contributed by atoms with van der Waals surface area (Å²) in [7, 11) is 2.09. The van der Waals surface area contributed by atoms with Gasteiger partial charge in [0.1, 0.15) is 0 Å². The Labute approximate surface area is 113 Å². The van der Waals surface area contributed by atoms with Crippen molar-refractivity contribution in [3.8, 4) is 0 Å². The Bertz CT molecular complexity index is 243. The molecule has 2 nitrogen and oxygen atoms in total. The molecule has 0 aromatic heterocycles. The number of hydrogen-bond donors (Lipinski definition) is 1. The monoisotopic (exact) mass is 253 g/mol. The Kier molecular flexibility index (Phi) is 5.08. The summed E-state index contributed by atoms with van der Waals surface area (Å²) >= 11 is 0. The van der Waals surface area contributed by atoms with Gasteiger partial charge in [-0.3, -0.25) is 0 Å². The molecule has 1 aliphatic heterocycles. The van der Waals surface area contributed by atoms with Crippen molar-refractivity contribution in [3.05, 3.63) is 0 Å². The van der Waals surface area contributed by atoms with E-state index in [1.54, 1.807) is 0 Å². The van der Waals surface area contributed by atoms with Crippen molar-refractivity contribution < 1.29 is 4.74 Å². The topological polar surface area (TPSA) is 21.3 Å². The van der Waals surface area contributed by atoms with E-state index in [4.69, 9.17) is 4.74 Å². The van der Waals surface area contributed by atoms with E-state index in [1.165, 1.54) is 57.8 Å². The van der Waals surface area contributed by atoms with E-state index < -0.39 is 0 Å². The first-order chi connectivity index (χ1) is 8.69. The van der Waals surface area contributed by atoms with Crippen molar-refractivity contribution in [2.45, 2.75) is 89.4 Å². The van der Waals surface area contributed by atoms with Gasteiger partial charge in [0.25, 0.3) is 0 Å². The fourth-order valence-corrected chi connectivity index (χ4v) is 4.10. The molecular weight excluding hydrogens is 222 g/mol. The minimum Gasteiger partial charge on any atom is -0.372 e. The van der Waals surface area contributed by atoms with Crippen LogP contribution in [0.3, 0.4) is 0 Å². The summed E-state index contributed by atoms with van der Waals surface area (Å²) in [5, 5.41) is 3.44. The third-order valence-corrected chi connectivity index (χ3v) is 5.24. The van der Waals surface area contributed by atoms with Crippen molar-refractivity contribution in [2.75, 3.05) is 7.05 Å². The highest BCUT2D eigenvalue weighted by molar-refractivity contribution is 4.92. The van der Waals surface area contributed by atoms with Crippen LogP contribution in [-0.2, 0) is 4.74 Å². The normalized spacial score (nSPS) is 30.5. The van der Waals surface area contributed by atoms with Gasteiger partial charge in [0.05, 0.1) is 11.7 Å². The highest BCUT2D eigenvalue weighted by atomic mass is 16.5. The van der Waals surface area contributed by atoms with Crippen LogP contribution in [-0.4, -0.2) is 24.8 Å². The average molecular weight is 253 g/mol. The zero-order valence-electron chi connectivity index (χ0n) is 12.5. The molecule has 0 aromatic rings. The smallest absolute Gasteiger partial charge is 0.0687 e. The summed E-state index contributed by atoms with van der Waals surface area (Å²) in [6.45, 7) is 4.65. The van der Waals surface area contributed by atoms with Gasteiger partial charge < -0.3 is 10.1 Å². The predicted octanol–water partition coefficient (Wildman–Crippen LogP) is 3.89. The number of nitrogens with one attached hydrogen (secondary N) is 1. The lowest BCUT2D eigenvalue weighted by Crippen LogP contribution is -2.35. The molecule has 1 heterocycles. The van der Waals surface area contributed by atoms with E-state index >= 15 is 0 Å². The van der Waals surface area contributed by atoms with Gasteiger partial charge in [0, 0.05) is 6.04 Å². The lowest BCUT2D eigenvalue weighted by atomic mass is 9.83. The van der Waals surface area contributed by atoms with Gasteiger partial charge in [0.2, 0.25) is 0 Å². The summed E-state index contributed by atoms with van der Waals surface area (Å²) in [5.74, 6) is 0.726. The summed E-state index contributed by atoms with van der Waals surface area (Å²) in [5.41, 5.74) is 0.296. The van der Waals surface area contributed by atoms with Crippen molar-refractivity contribution in [1.82, 2.24) is 5.32 Å². The molecule has 1 N–H and O–H groups in total. The van der Waals surface area contributed by atoms with E-state index in [9.17, 15) is 0 Å². The number of ether oxygens (including phenoxy) is 1. The quantitative estimate of drug-likeness (QED) is 0.802. The fourth-order valence-electron chi connectivity index (χ4n) is 4.10. The van der Waals surface area contributed by atoms with Crippen LogP contribution in [0.1, 0.15) is 71.6 Å². The molecule has 2 heteroatoms. The summed E-state index contributed by atoms with van der Waals surface area (Å²) in [6.07, 6.45) is 12.4. The first-order valence-corrected chi connectivity index (χ1v) is 8.04. The van der Waals surface area contributed by atoms with Gasteiger partial charge >= 0.3 is 0 Å². The van der Waals surface area contributed by atoms with Crippen molar-refractivity contribution in [2.24, 2.45) is 5.92 Å². The van der Waals surface area contributed by atoms with E-state index in [0.717, 1.165) is 5.92 Å². The Balaban J connectivity index is 1.81. The summed E-state index contributed by atoms with van der Waals surface area (Å²) < 4.78 is 6.47. The molecular formula is C16H31NO. The standard InChI is InChI=1S/C16H31NO/c1-4-15(17-3)13(2)12-14-8-11-16(18-14)9-6-5-7-10-16/h13-15,17H,4-12H2,1-3H3. The first-order valence-electron chi connectivity index (χ1n) is 8.04. The Morgan fingerprint density at radius 1 is 1.22 bits per heavy atom. The molecule has 1 saturated heterocycles. The molecule has 2 rings (SSSR count). The van der Waals surface area contributed by atoms with E-state index in [2.05, 4.69) is 26.2 Å².